The first-order valence-electron chi connectivity index (χ1n) is 16.3. The van der Waals surface area contributed by atoms with Gasteiger partial charge in [-0.3, -0.25) is 0 Å². The minimum absolute atomic E-state index is 1.19. The molecule has 0 radical (unpaired) electrons. The average Bonchev–Trinajstić information content (AvgIpc) is 3.48. The lowest BCUT2D eigenvalue weighted by Gasteiger charge is -2.11. The van der Waals surface area contributed by atoms with Gasteiger partial charge in [-0.25, -0.2) is 0 Å². The summed E-state index contributed by atoms with van der Waals surface area (Å²) in [5.41, 5.74) is 8.63. The van der Waals surface area contributed by atoms with E-state index in [2.05, 4.69) is 180 Å². The van der Waals surface area contributed by atoms with Gasteiger partial charge in [0.2, 0.25) is 0 Å². The first-order valence-corrected chi connectivity index (χ1v) is 16.3. The van der Waals surface area contributed by atoms with Crippen molar-refractivity contribution in [2.24, 2.45) is 0 Å². The predicted octanol–water partition coefficient (Wildman–Crippen LogP) is 12.7. The van der Waals surface area contributed by atoms with E-state index in [1.165, 1.54) is 92.8 Å². The second kappa shape index (κ2) is 10.2. The molecular weight excluding hydrogens is 567 g/mol. The van der Waals surface area contributed by atoms with Crippen LogP contribution in [0, 0.1) is 0 Å². The average molecular weight is 596 g/mol. The summed E-state index contributed by atoms with van der Waals surface area (Å²) in [5, 5.41) is 12.7. The molecule has 10 rings (SSSR count). The Kier molecular flexibility index (Phi) is 5.64. The van der Waals surface area contributed by atoms with Gasteiger partial charge in [-0.2, -0.15) is 0 Å². The molecule has 0 N–H and O–H groups in total. The van der Waals surface area contributed by atoms with Crippen molar-refractivity contribution in [3.05, 3.63) is 176 Å². The van der Waals surface area contributed by atoms with Crippen molar-refractivity contribution in [2.75, 3.05) is 0 Å². The normalized spacial score (nSPS) is 11.8. The van der Waals surface area contributed by atoms with Crippen molar-refractivity contribution in [3.63, 3.8) is 0 Å². The molecule has 0 unspecified atom stereocenters. The van der Waals surface area contributed by atoms with Crippen molar-refractivity contribution in [1.29, 1.82) is 0 Å². The van der Waals surface area contributed by atoms with Gasteiger partial charge >= 0.3 is 0 Å². The summed E-state index contributed by atoms with van der Waals surface area (Å²) >= 11 is 0. The molecule has 0 aliphatic heterocycles. The molecule has 0 saturated heterocycles. The van der Waals surface area contributed by atoms with Crippen LogP contribution in [-0.2, 0) is 0 Å². The summed E-state index contributed by atoms with van der Waals surface area (Å²) in [5.74, 6) is 0. The lowest BCUT2D eigenvalue weighted by molar-refractivity contribution is 1.19. The molecule has 0 saturated carbocycles. The van der Waals surface area contributed by atoms with Crippen molar-refractivity contribution in [2.45, 2.75) is 0 Å². The standard InChI is InChI=1S/C46H29N/c1-2-10-32-29-39(23-20-30(32)8-1)47-44-15-6-5-13-43(44)46-42-24-21-36(28-38(42)22-25-45(46)47)33-16-17-35-27-37(19-18-34(35)26-33)41-14-7-11-31-9-3-4-12-40(31)41/h1-29H. The largest absolute Gasteiger partial charge is 0.309 e. The Morgan fingerprint density at radius 1 is 0.298 bits per heavy atom. The number of fused-ring (bicyclic) bond motifs is 8. The van der Waals surface area contributed by atoms with Crippen LogP contribution in [0.5, 0.6) is 0 Å². The van der Waals surface area contributed by atoms with Gasteiger partial charge in [0.15, 0.2) is 0 Å². The van der Waals surface area contributed by atoms with Crippen LogP contribution < -0.4 is 0 Å². The summed E-state index contributed by atoms with van der Waals surface area (Å²) in [6.07, 6.45) is 0. The monoisotopic (exact) mass is 595 g/mol. The highest BCUT2D eigenvalue weighted by atomic mass is 15.0. The zero-order chi connectivity index (χ0) is 30.9. The Morgan fingerprint density at radius 2 is 0.894 bits per heavy atom. The number of hydrogen-bond donors (Lipinski definition) is 0. The lowest BCUT2D eigenvalue weighted by atomic mass is 9.94. The molecule has 0 atom stereocenters. The fraction of sp³-hybridized carbons (Fsp3) is 0. The second-order valence-electron chi connectivity index (χ2n) is 12.6. The van der Waals surface area contributed by atoms with Gasteiger partial charge in [0.05, 0.1) is 11.0 Å². The van der Waals surface area contributed by atoms with E-state index < -0.39 is 0 Å². The summed E-state index contributed by atoms with van der Waals surface area (Å²) in [7, 11) is 0. The van der Waals surface area contributed by atoms with Gasteiger partial charge < -0.3 is 4.57 Å². The maximum Gasteiger partial charge on any atom is 0.0547 e. The third-order valence-electron chi connectivity index (χ3n) is 9.92. The Bertz CT molecular complexity index is 2850. The van der Waals surface area contributed by atoms with Gasteiger partial charge in [-0.15, -0.1) is 0 Å². The Morgan fingerprint density at radius 3 is 1.77 bits per heavy atom. The van der Waals surface area contributed by atoms with Crippen LogP contribution in [0.15, 0.2) is 176 Å². The van der Waals surface area contributed by atoms with E-state index in [1.807, 2.05) is 0 Å². The molecule has 0 amide bonds. The highest BCUT2D eigenvalue weighted by molar-refractivity contribution is 6.21. The number of para-hydroxylation sites is 1. The number of nitrogens with zero attached hydrogens (tertiary/aromatic N) is 1. The highest BCUT2D eigenvalue weighted by Gasteiger charge is 2.15. The van der Waals surface area contributed by atoms with Gasteiger partial charge in [0.1, 0.15) is 0 Å². The summed E-state index contributed by atoms with van der Waals surface area (Å²) in [6, 6.07) is 64.6. The minimum Gasteiger partial charge on any atom is -0.309 e. The Balaban J connectivity index is 1.08. The maximum absolute atomic E-state index is 2.42. The smallest absolute Gasteiger partial charge is 0.0547 e. The number of aromatic nitrogens is 1. The first kappa shape index (κ1) is 26.1. The number of hydrogen-bond acceptors (Lipinski definition) is 0. The van der Waals surface area contributed by atoms with Crippen molar-refractivity contribution in [1.82, 2.24) is 4.57 Å². The van der Waals surface area contributed by atoms with E-state index in [-0.39, 0.29) is 0 Å². The molecule has 10 aromatic rings. The van der Waals surface area contributed by atoms with Crippen molar-refractivity contribution in [3.8, 4) is 27.9 Å². The molecule has 0 spiro atoms. The molecule has 0 bridgehead atoms. The van der Waals surface area contributed by atoms with E-state index in [4.69, 9.17) is 0 Å². The van der Waals surface area contributed by atoms with Gasteiger partial charge in [0, 0.05) is 16.5 Å². The van der Waals surface area contributed by atoms with Gasteiger partial charge in [-0.05, 0) is 108 Å². The van der Waals surface area contributed by atoms with E-state index in [1.54, 1.807) is 0 Å². The van der Waals surface area contributed by atoms with Crippen LogP contribution in [0.25, 0.3) is 92.8 Å². The highest BCUT2D eigenvalue weighted by Crippen LogP contribution is 2.39. The van der Waals surface area contributed by atoms with Crippen molar-refractivity contribution >= 4 is 64.9 Å². The molecule has 1 heterocycles. The zero-order valence-electron chi connectivity index (χ0n) is 25.7. The summed E-state index contributed by atoms with van der Waals surface area (Å²) < 4.78 is 2.42. The molecule has 0 aliphatic rings. The summed E-state index contributed by atoms with van der Waals surface area (Å²) in [6.45, 7) is 0. The van der Waals surface area contributed by atoms with E-state index in [9.17, 15) is 0 Å². The van der Waals surface area contributed by atoms with Crippen molar-refractivity contribution < 1.29 is 0 Å². The number of rotatable bonds is 3. The molecule has 1 aromatic heterocycles. The van der Waals surface area contributed by atoms with Crippen LogP contribution in [0.4, 0.5) is 0 Å². The molecule has 0 aliphatic carbocycles. The third kappa shape index (κ3) is 4.10. The fourth-order valence-electron chi connectivity index (χ4n) is 7.64. The van der Waals surface area contributed by atoms with Crippen LogP contribution in [0.1, 0.15) is 0 Å². The molecule has 1 heteroatoms. The van der Waals surface area contributed by atoms with Crippen LogP contribution >= 0.6 is 0 Å². The molecule has 0 fully saturated rings. The fourth-order valence-corrected chi connectivity index (χ4v) is 7.64. The predicted molar refractivity (Wildman–Crippen MR) is 202 cm³/mol. The lowest BCUT2D eigenvalue weighted by Crippen LogP contribution is -1.93. The summed E-state index contributed by atoms with van der Waals surface area (Å²) in [4.78, 5) is 0. The van der Waals surface area contributed by atoms with Crippen LogP contribution in [0.2, 0.25) is 0 Å². The molecule has 9 aromatic carbocycles. The molecule has 47 heavy (non-hydrogen) atoms. The number of benzene rings is 9. The van der Waals surface area contributed by atoms with E-state index in [0.29, 0.717) is 0 Å². The third-order valence-corrected chi connectivity index (χ3v) is 9.92. The molecular formula is C46H29N. The molecule has 218 valence electrons. The zero-order valence-corrected chi connectivity index (χ0v) is 25.7. The van der Waals surface area contributed by atoms with Crippen LogP contribution in [-0.4, -0.2) is 4.57 Å². The quantitative estimate of drug-likeness (QED) is 0.191. The first-order chi connectivity index (χ1) is 23.3. The van der Waals surface area contributed by atoms with Crippen LogP contribution in [0.3, 0.4) is 0 Å². The Hall–Kier alpha value is -6.18. The topological polar surface area (TPSA) is 4.93 Å². The van der Waals surface area contributed by atoms with E-state index in [0.717, 1.165) is 0 Å². The molecule has 1 nitrogen and oxygen atoms in total. The van der Waals surface area contributed by atoms with Gasteiger partial charge in [0.25, 0.3) is 0 Å². The second-order valence-corrected chi connectivity index (χ2v) is 12.6. The SMILES string of the molecule is c1ccc2cc(-n3c4ccccc4c4c5ccc(-c6ccc7cc(-c8cccc9ccccc89)ccc7c6)cc5ccc43)ccc2c1. The Labute approximate surface area is 272 Å². The maximum atomic E-state index is 2.42. The van der Waals surface area contributed by atoms with Gasteiger partial charge in [-0.1, -0.05) is 133 Å². The minimum atomic E-state index is 1.19. The van der Waals surface area contributed by atoms with E-state index >= 15 is 0 Å².